The molecule has 0 radical (unpaired) electrons. The van der Waals surface area contributed by atoms with E-state index in [1.54, 1.807) is 0 Å². The Morgan fingerprint density at radius 3 is 2.83 bits per heavy atom. The molecule has 8 heteroatoms. The van der Waals surface area contributed by atoms with Crippen LogP contribution in [0.15, 0.2) is 16.7 Å². The minimum absolute atomic E-state index is 0.0763. The summed E-state index contributed by atoms with van der Waals surface area (Å²) in [4.78, 5) is 26.5. The van der Waals surface area contributed by atoms with Crippen molar-refractivity contribution < 1.29 is 14.8 Å². The minimum Gasteiger partial charge on any atom is -0.480 e. The van der Waals surface area contributed by atoms with Gasteiger partial charge in [-0.2, -0.15) is 0 Å². The first-order valence-electron chi connectivity index (χ1n) is 5.22. The Hall–Kier alpha value is -1.70. The number of carboxylic acids is 1. The number of pyridine rings is 1. The lowest BCUT2D eigenvalue weighted by molar-refractivity contribution is -0.384. The molecule has 98 valence electrons. The second-order valence-corrected chi connectivity index (χ2v) is 4.48. The van der Waals surface area contributed by atoms with Crippen LogP contribution >= 0.6 is 15.9 Å². The van der Waals surface area contributed by atoms with Crippen molar-refractivity contribution in [2.24, 2.45) is 0 Å². The molecule has 7 nitrogen and oxygen atoms in total. The van der Waals surface area contributed by atoms with Crippen molar-refractivity contribution in [1.82, 2.24) is 4.98 Å². The van der Waals surface area contributed by atoms with Gasteiger partial charge < -0.3 is 10.0 Å². The maximum atomic E-state index is 10.9. The highest BCUT2D eigenvalue weighted by Crippen LogP contribution is 2.28. The fraction of sp³-hybridized carbons (Fsp3) is 0.400. The van der Waals surface area contributed by atoms with Crippen molar-refractivity contribution in [3.05, 3.63) is 26.9 Å². The quantitative estimate of drug-likeness (QED) is 0.637. The number of hydrogen-bond donors (Lipinski definition) is 1. The Morgan fingerprint density at radius 2 is 2.33 bits per heavy atom. The van der Waals surface area contributed by atoms with E-state index >= 15 is 0 Å². The largest absolute Gasteiger partial charge is 0.480 e. The molecule has 0 aliphatic carbocycles. The second-order valence-electron chi connectivity index (χ2n) is 3.57. The van der Waals surface area contributed by atoms with Crippen LogP contribution in [0.2, 0.25) is 0 Å². The van der Waals surface area contributed by atoms with Gasteiger partial charge in [-0.25, -0.2) is 4.98 Å². The molecule has 0 aliphatic heterocycles. The van der Waals surface area contributed by atoms with E-state index in [1.165, 1.54) is 17.2 Å². The van der Waals surface area contributed by atoms with Gasteiger partial charge in [0.25, 0.3) is 0 Å². The lowest BCUT2D eigenvalue weighted by Gasteiger charge is -2.20. The maximum Gasteiger partial charge on any atom is 0.323 e. The standard InChI is InChI=1S/C10H12BrN3O4/c1-2-3-13(6-9(15)16)10-8(14(17)18)4-7(11)5-12-10/h4-5H,2-3,6H2,1H3,(H,15,16). The molecular formula is C10H12BrN3O4. The number of nitrogens with zero attached hydrogens (tertiary/aromatic N) is 3. The zero-order chi connectivity index (χ0) is 13.7. The molecule has 0 aliphatic rings. The third-order valence-corrected chi connectivity index (χ3v) is 2.56. The molecule has 0 amide bonds. The van der Waals surface area contributed by atoms with Crippen molar-refractivity contribution in [2.45, 2.75) is 13.3 Å². The van der Waals surface area contributed by atoms with Crippen LogP contribution in [0.4, 0.5) is 11.5 Å². The molecule has 0 aromatic carbocycles. The van der Waals surface area contributed by atoms with E-state index in [4.69, 9.17) is 5.11 Å². The number of hydrogen-bond acceptors (Lipinski definition) is 5. The summed E-state index contributed by atoms with van der Waals surface area (Å²) in [7, 11) is 0. The lowest BCUT2D eigenvalue weighted by Crippen LogP contribution is -2.31. The third-order valence-electron chi connectivity index (χ3n) is 2.13. The number of carbonyl (C=O) groups is 1. The summed E-state index contributed by atoms with van der Waals surface area (Å²) < 4.78 is 0.477. The zero-order valence-corrected chi connectivity index (χ0v) is 11.3. The fourth-order valence-corrected chi connectivity index (χ4v) is 1.81. The van der Waals surface area contributed by atoms with Gasteiger partial charge in [-0.3, -0.25) is 14.9 Å². The van der Waals surface area contributed by atoms with Gasteiger partial charge >= 0.3 is 11.7 Å². The van der Waals surface area contributed by atoms with Crippen molar-refractivity contribution in [1.29, 1.82) is 0 Å². The average Bonchev–Trinajstić information content (AvgIpc) is 2.27. The highest BCUT2D eigenvalue weighted by Gasteiger charge is 2.22. The molecule has 0 saturated carbocycles. The molecule has 1 N–H and O–H groups in total. The summed E-state index contributed by atoms with van der Waals surface area (Å²) in [5.74, 6) is -0.977. The Morgan fingerprint density at radius 1 is 1.67 bits per heavy atom. The van der Waals surface area contributed by atoms with E-state index in [9.17, 15) is 14.9 Å². The van der Waals surface area contributed by atoms with Gasteiger partial charge in [0, 0.05) is 23.3 Å². The smallest absolute Gasteiger partial charge is 0.323 e. The Balaban J connectivity index is 3.17. The second kappa shape index (κ2) is 6.29. The predicted molar refractivity (Wildman–Crippen MR) is 68.7 cm³/mol. The number of halogens is 1. The van der Waals surface area contributed by atoms with E-state index in [2.05, 4.69) is 20.9 Å². The molecule has 1 aromatic heterocycles. The van der Waals surface area contributed by atoms with Gasteiger partial charge in [0.15, 0.2) is 0 Å². The maximum absolute atomic E-state index is 10.9. The molecule has 0 atom stereocenters. The van der Waals surface area contributed by atoms with Crippen LogP contribution in [0, 0.1) is 10.1 Å². The molecule has 0 bridgehead atoms. The summed E-state index contributed by atoms with van der Waals surface area (Å²) >= 11 is 3.10. The average molecular weight is 318 g/mol. The number of rotatable bonds is 6. The van der Waals surface area contributed by atoms with Crippen LogP contribution in [-0.2, 0) is 4.79 Å². The van der Waals surface area contributed by atoms with Crippen molar-refractivity contribution >= 4 is 33.4 Å². The normalized spacial score (nSPS) is 10.1. The Labute approximate surface area is 112 Å². The summed E-state index contributed by atoms with van der Waals surface area (Å²) in [5.41, 5.74) is -0.209. The predicted octanol–water partition coefficient (Wildman–Crippen LogP) is 2.05. The van der Waals surface area contributed by atoms with Crippen molar-refractivity contribution in [3.63, 3.8) is 0 Å². The van der Waals surface area contributed by atoms with Crippen LogP contribution in [-0.4, -0.2) is 34.1 Å². The van der Waals surface area contributed by atoms with Gasteiger partial charge in [-0.15, -0.1) is 0 Å². The highest BCUT2D eigenvalue weighted by atomic mass is 79.9. The van der Waals surface area contributed by atoms with E-state index in [-0.39, 0.29) is 18.1 Å². The SMILES string of the molecule is CCCN(CC(=O)O)c1ncc(Br)cc1[N+](=O)[O-]. The Bertz CT molecular complexity index is 466. The number of aliphatic carboxylic acids is 1. The molecule has 0 unspecified atom stereocenters. The van der Waals surface area contributed by atoms with Crippen LogP contribution < -0.4 is 4.90 Å². The van der Waals surface area contributed by atoms with Gasteiger partial charge in [0.05, 0.1) is 4.92 Å². The number of nitro groups is 1. The molecule has 1 rings (SSSR count). The van der Waals surface area contributed by atoms with E-state index in [1.807, 2.05) is 6.92 Å². The monoisotopic (exact) mass is 317 g/mol. The van der Waals surface area contributed by atoms with Gasteiger partial charge in [-0.1, -0.05) is 6.92 Å². The Kier molecular flexibility index (Phi) is 5.02. The number of carboxylic acid groups (broad SMARTS) is 1. The van der Waals surface area contributed by atoms with Crippen LogP contribution in [0.3, 0.4) is 0 Å². The van der Waals surface area contributed by atoms with Gasteiger partial charge in [0.2, 0.25) is 5.82 Å². The molecule has 0 saturated heterocycles. The van der Waals surface area contributed by atoms with E-state index < -0.39 is 10.9 Å². The summed E-state index contributed by atoms with van der Waals surface area (Å²) in [6, 6.07) is 1.31. The summed E-state index contributed by atoms with van der Waals surface area (Å²) in [6.45, 7) is 1.94. The fourth-order valence-electron chi connectivity index (χ4n) is 1.49. The van der Waals surface area contributed by atoms with E-state index in [0.717, 1.165) is 0 Å². The molecule has 18 heavy (non-hydrogen) atoms. The zero-order valence-electron chi connectivity index (χ0n) is 9.67. The minimum atomic E-state index is -1.05. The molecule has 0 spiro atoms. The van der Waals surface area contributed by atoms with E-state index in [0.29, 0.717) is 17.4 Å². The van der Waals surface area contributed by atoms with Crippen LogP contribution in [0.1, 0.15) is 13.3 Å². The van der Waals surface area contributed by atoms with Crippen LogP contribution in [0.5, 0.6) is 0 Å². The highest BCUT2D eigenvalue weighted by molar-refractivity contribution is 9.10. The topological polar surface area (TPSA) is 96.6 Å². The van der Waals surface area contributed by atoms with Gasteiger partial charge in [0.1, 0.15) is 6.54 Å². The lowest BCUT2D eigenvalue weighted by atomic mass is 10.3. The van der Waals surface area contributed by atoms with Crippen LogP contribution in [0.25, 0.3) is 0 Å². The summed E-state index contributed by atoms with van der Waals surface area (Å²) in [5, 5.41) is 19.7. The first-order valence-corrected chi connectivity index (χ1v) is 6.01. The first-order chi connectivity index (χ1) is 8.45. The molecule has 1 heterocycles. The number of aromatic nitrogens is 1. The third kappa shape index (κ3) is 3.66. The molecular weight excluding hydrogens is 306 g/mol. The first kappa shape index (κ1) is 14.4. The number of anilines is 1. The van der Waals surface area contributed by atoms with Crippen molar-refractivity contribution in [3.8, 4) is 0 Å². The van der Waals surface area contributed by atoms with Gasteiger partial charge in [-0.05, 0) is 22.4 Å². The van der Waals surface area contributed by atoms with Crippen molar-refractivity contribution in [2.75, 3.05) is 18.0 Å². The summed E-state index contributed by atoms with van der Waals surface area (Å²) in [6.07, 6.45) is 2.08. The molecule has 0 fully saturated rings. The molecule has 1 aromatic rings.